The summed E-state index contributed by atoms with van der Waals surface area (Å²) in [5.74, 6) is -0.449. The lowest BCUT2D eigenvalue weighted by molar-refractivity contribution is -0.177. The van der Waals surface area contributed by atoms with Crippen LogP contribution in [0.4, 0.5) is 0 Å². The second-order valence-corrected chi connectivity index (χ2v) is 13.3. The largest absolute Gasteiger partial charge is 0.469 e. The lowest BCUT2D eigenvalue weighted by atomic mass is 9.38. The predicted molar refractivity (Wildman–Crippen MR) is 133 cm³/mol. The Labute approximate surface area is 209 Å². The molecule has 0 amide bonds. The van der Waals surface area contributed by atoms with Crippen molar-refractivity contribution < 1.29 is 24.2 Å². The number of esters is 1. The summed E-state index contributed by atoms with van der Waals surface area (Å²) in [6, 6.07) is 0. The van der Waals surface area contributed by atoms with Crippen LogP contribution in [-0.4, -0.2) is 35.4 Å². The van der Waals surface area contributed by atoms with Gasteiger partial charge in [0.1, 0.15) is 0 Å². The molecular formula is C30H40O5. The Morgan fingerprint density at radius 1 is 0.971 bits per heavy atom. The molecule has 8 unspecified atom stereocenters. The van der Waals surface area contributed by atoms with Crippen LogP contribution in [0.15, 0.2) is 34.9 Å². The molecule has 5 heteroatoms. The Bertz CT molecular complexity index is 1120. The van der Waals surface area contributed by atoms with Crippen LogP contribution in [-0.2, 0) is 19.1 Å². The first-order chi connectivity index (χ1) is 16.2. The third kappa shape index (κ3) is 2.94. The van der Waals surface area contributed by atoms with Gasteiger partial charge >= 0.3 is 5.97 Å². The van der Waals surface area contributed by atoms with Gasteiger partial charge in [0.05, 0.1) is 12.5 Å². The minimum Gasteiger partial charge on any atom is -0.469 e. The molecule has 0 spiro atoms. The first-order valence-electron chi connectivity index (χ1n) is 13.2. The molecule has 3 fully saturated rings. The van der Waals surface area contributed by atoms with Gasteiger partial charge in [-0.1, -0.05) is 45.4 Å². The van der Waals surface area contributed by atoms with Gasteiger partial charge < -0.3 is 9.84 Å². The number of carbonyl (C=O) groups is 3. The Morgan fingerprint density at radius 3 is 2.29 bits per heavy atom. The maximum Gasteiger partial charge on any atom is 0.311 e. The summed E-state index contributed by atoms with van der Waals surface area (Å²) >= 11 is 0. The fourth-order valence-electron chi connectivity index (χ4n) is 9.18. The van der Waals surface area contributed by atoms with Crippen molar-refractivity contribution in [1.29, 1.82) is 0 Å². The number of Topliss-reactive ketones (excluding diaryl/α,β-unsaturated/α-hetero) is 1. The topological polar surface area (TPSA) is 80.7 Å². The number of rotatable bonds is 1. The maximum absolute atomic E-state index is 12.9. The number of carbonyl (C=O) groups excluding carboxylic acids is 3. The van der Waals surface area contributed by atoms with Gasteiger partial charge in [-0.2, -0.15) is 0 Å². The summed E-state index contributed by atoms with van der Waals surface area (Å²) in [5, 5.41) is 11.0. The number of ketones is 2. The van der Waals surface area contributed by atoms with Crippen molar-refractivity contribution in [2.24, 2.45) is 39.4 Å². The molecule has 0 aromatic rings. The van der Waals surface area contributed by atoms with Crippen LogP contribution in [0.25, 0.3) is 0 Å². The molecule has 0 bridgehead atoms. The molecule has 0 aliphatic heterocycles. The zero-order chi connectivity index (χ0) is 25.8. The van der Waals surface area contributed by atoms with Gasteiger partial charge in [0.2, 0.25) is 11.6 Å². The van der Waals surface area contributed by atoms with E-state index < -0.39 is 28.0 Å². The van der Waals surface area contributed by atoms with Crippen LogP contribution in [0.1, 0.15) is 80.1 Å². The zero-order valence-electron chi connectivity index (χ0n) is 22.3. The molecule has 3 saturated carbocycles. The number of hydrogen-bond donors (Lipinski definition) is 1. The fraction of sp³-hybridized carbons (Fsp3) is 0.700. The number of ether oxygens (including phenoxy) is 1. The fourth-order valence-corrected chi connectivity index (χ4v) is 9.18. The summed E-state index contributed by atoms with van der Waals surface area (Å²) in [4.78, 5) is 38.0. The van der Waals surface area contributed by atoms with Gasteiger partial charge in [0.25, 0.3) is 0 Å². The lowest BCUT2D eigenvalue weighted by Crippen LogP contribution is -2.60. The number of allylic oxidation sites excluding steroid dienone is 4. The minimum atomic E-state index is -1.78. The van der Waals surface area contributed by atoms with Crippen LogP contribution < -0.4 is 0 Å². The van der Waals surface area contributed by atoms with E-state index in [1.165, 1.54) is 25.7 Å². The molecule has 35 heavy (non-hydrogen) atoms. The molecule has 0 heterocycles. The molecule has 0 aromatic carbocycles. The number of aliphatic hydroxyl groups is 1. The van der Waals surface area contributed by atoms with E-state index in [4.69, 9.17) is 4.74 Å². The van der Waals surface area contributed by atoms with Gasteiger partial charge in [0, 0.05) is 5.41 Å². The summed E-state index contributed by atoms with van der Waals surface area (Å²) in [6.07, 6.45) is 11.4. The van der Waals surface area contributed by atoms with Crippen LogP contribution in [0, 0.1) is 39.4 Å². The van der Waals surface area contributed by atoms with Crippen molar-refractivity contribution in [2.45, 2.75) is 85.7 Å². The van der Waals surface area contributed by atoms with Crippen molar-refractivity contribution in [3.63, 3.8) is 0 Å². The molecule has 1 N–H and O–H groups in total. The van der Waals surface area contributed by atoms with Crippen molar-refractivity contribution in [2.75, 3.05) is 7.11 Å². The first-order valence-corrected chi connectivity index (χ1v) is 13.2. The maximum atomic E-state index is 12.9. The van der Waals surface area contributed by atoms with E-state index in [0.717, 1.165) is 44.1 Å². The Morgan fingerprint density at radius 2 is 1.63 bits per heavy atom. The van der Waals surface area contributed by atoms with Gasteiger partial charge in [-0.3, -0.25) is 14.4 Å². The molecular weight excluding hydrogens is 440 g/mol. The minimum absolute atomic E-state index is 0.0843. The van der Waals surface area contributed by atoms with Crippen LogP contribution in [0.2, 0.25) is 0 Å². The van der Waals surface area contributed by atoms with Crippen LogP contribution >= 0.6 is 0 Å². The highest BCUT2D eigenvalue weighted by atomic mass is 16.5. The standard InChI is InChI=1S/C30H40O5/c1-17-23-19-10-11-28(4)20-16-21(31)24(32)30(6,34)18(20)8-9-22(28)29(19,5)15-13-26(23,2)12-14-27(17,3)25(33)35-7/h8-9,16-17,19,23,34H,10-15H2,1-7H3. The van der Waals surface area contributed by atoms with E-state index in [-0.39, 0.29) is 22.7 Å². The first kappa shape index (κ1) is 24.7. The van der Waals surface area contributed by atoms with Gasteiger partial charge in [0.15, 0.2) is 5.60 Å². The molecule has 190 valence electrons. The van der Waals surface area contributed by atoms with Crippen molar-refractivity contribution in [3.8, 4) is 0 Å². The molecule has 0 saturated heterocycles. The van der Waals surface area contributed by atoms with Gasteiger partial charge in [-0.05, 0) is 98.2 Å². The van der Waals surface area contributed by atoms with E-state index in [2.05, 4.69) is 40.7 Å². The predicted octanol–water partition coefficient (Wildman–Crippen LogP) is 5.13. The zero-order valence-corrected chi connectivity index (χ0v) is 22.3. The second kappa shape index (κ2) is 7.27. The van der Waals surface area contributed by atoms with E-state index >= 15 is 0 Å². The summed E-state index contributed by atoms with van der Waals surface area (Å²) in [6.45, 7) is 12.8. The van der Waals surface area contributed by atoms with E-state index in [9.17, 15) is 19.5 Å². The van der Waals surface area contributed by atoms with E-state index in [1.807, 2.05) is 6.08 Å². The molecule has 5 nitrogen and oxygen atoms in total. The SMILES string of the molecule is COC(=O)C1(C)CCC2(C)CCC3(C)C4=CC=C5C(=CC(=O)C(=O)C5(C)O)C4(C)CCC3C2C1C. The highest BCUT2D eigenvalue weighted by molar-refractivity contribution is 6.46. The highest BCUT2D eigenvalue weighted by Gasteiger charge is 2.65. The highest BCUT2D eigenvalue weighted by Crippen LogP contribution is 2.71. The summed E-state index contributed by atoms with van der Waals surface area (Å²) in [5.41, 5.74) is 0.143. The summed E-state index contributed by atoms with van der Waals surface area (Å²) in [7, 11) is 1.50. The van der Waals surface area contributed by atoms with Crippen LogP contribution in [0.3, 0.4) is 0 Å². The molecule has 5 aliphatic rings. The molecule has 8 atom stereocenters. The van der Waals surface area contributed by atoms with Gasteiger partial charge in [-0.25, -0.2) is 0 Å². The van der Waals surface area contributed by atoms with Crippen molar-refractivity contribution in [1.82, 2.24) is 0 Å². The quantitative estimate of drug-likeness (QED) is 0.416. The average Bonchev–Trinajstić information content (AvgIpc) is 2.80. The van der Waals surface area contributed by atoms with E-state index in [1.54, 1.807) is 0 Å². The van der Waals surface area contributed by atoms with Crippen LogP contribution in [0.5, 0.6) is 0 Å². The smallest absolute Gasteiger partial charge is 0.311 e. The molecule has 0 aromatic heterocycles. The van der Waals surface area contributed by atoms with Crippen molar-refractivity contribution in [3.05, 3.63) is 34.9 Å². The Kier molecular flexibility index (Phi) is 5.13. The Balaban J connectivity index is 1.62. The number of fused-ring (bicyclic) bond motifs is 7. The monoisotopic (exact) mass is 480 g/mol. The lowest BCUT2D eigenvalue weighted by Gasteiger charge is -2.66. The number of hydrogen-bond acceptors (Lipinski definition) is 5. The second-order valence-electron chi connectivity index (χ2n) is 13.3. The molecule has 0 radical (unpaired) electrons. The third-order valence-corrected chi connectivity index (χ3v) is 11.6. The van der Waals surface area contributed by atoms with Crippen molar-refractivity contribution >= 4 is 17.5 Å². The molecule has 5 aliphatic carbocycles. The normalized spacial score (nSPS) is 48.9. The third-order valence-electron chi connectivity index (χ3n) is 11.6. The van der Waals surface area contributed by atoms with E-state index in [0.29, 0.717) is 17.4 Å². The number of methoxy groups -OCH3 is 1. The molecule has 5 rings (SSSR count). The summed E-state index contributed by atoms with van der Waals surface area (Å²) < 4.78 is 5.29. The van der Waals surface area contributed by atoms with Gasteiger partial charge in [-0.15, -0.1) is 0 Å². The average molecular weight is 481 g/mol. The Hall–Kier alpha value is -2.01.